The van der Waals surface area contributed by atoms with Crippen LogP contribution in [0.1, 0.15) is 0 Å². The van der Waals surface area contributed by atoms with E-state index in [-0.39, 0.29) is 0 Å². The van der Waals surface area contributed by atoms with Crippen molar-refractivity contribution in [3.8, 4) is 0 Å². The fourth-order valence-electron chi connectivity index (χ4n) is 0.158. The van der Waals surface area contributed by atoms with Crippen LogP contribution in [0, 0.1) is 0 Å². The summed E-state index contributed by atoms with van der Waals surface area (Å²) in [6.07, 6.45) is 1.50. The van der Waals surface area contributed by atoms with Crippen molar-refractivity contribution < 1.29 is 35.5 Å². The lowest BCUT2D eigenvalue weighted by Crippen LogP contribution is -2.21. The minimum atomic E-state index is -6.09. The van der Waals surface area contributed by atoms with Crippen molar-refractivity contribution in [2.75, 3.05) is 21.2 Å². The van der Waals surface area contributed by atoms with Gasteiger partial charge in [0.25, 0.3) is 0 Å². The molecule has 0 atom stereocenters. The first-order valence-corrected chi connectivity index (χ1v) is 4.73. The molecule has 0 saturated heterocycles. The van der Waals surface area contributed by atoms with Crippen molar-refractivity contribution in [3.63, 3.8) is 0 Å². The van der Waals surface area contributed by atoms with Crippen LogP contribution in [0.2, 0.25) is 0 Å². The topological polar surface area (TPSA) is 69.4 Å². The minimum Gasteiger partial charge on any atom is -0.741 e. The zero-order chi connectivity index (χ0) is 12.7. The SMILES string of the molecule is COC=C=[N+](C)C.O=S(=O)([O-])C(F)(F)F. The molecule has 0 rings (SSSR count). The van der Waals surface area contributed by atoms with Gasteiger partial charge in [-0.15, -0.1) is 0 Å². The monoisotopic (exact) mass is 249 g/mol. The fourth-order valence-corrected chi connectivity index (χ4v) is 0.158. The Hall–Kier alpha value is -1.05. The van der Waals surface area contributed by atoms with Gasteiger partial charge in [-0.05, 0) is 0 Å². The summed E-state index contributed by atoms with van der Waals surface area (Å²) < 4.78 is 65.3. The van der Waals surface area contributed by atoms with Crippen LogP contribution in [0.4, 0.5) is 13.2 Å². The molecule has 0 unspecified atom stereocenters. The molecule has 0 saturated carbocycles. The van der Waals surface area contributed by atoms with Crippen LogP contribution in [0.5, 0.6) is 0 Å². The normalized spacial score (nSPS) is 10.6. The number of halogens is 3. The summed E-state index contributed by atoms with van der Waals surface area (Å²) in [7, 11) is -0.728. The summed E-state index contributed by atoms with van der Waals surface area (Å²) in [5.74, 6) is 2.78. The Labute approximate surface area is 85.2 Å². The van der Waals surface area contributed by atoms with Crippen molar-refractivity contribution in [2.45, 2.75) is 5.51 Å². The third-order valence-electron chi connectivity index (χ3n) is 0.712. The van der Waals surface area contributed by atoms with E-state index in [0.717, 1.165) is 0 Å². The fraction of sp³-hybridized carbons (Fsp3) is 0.667. The predicted molar refractivity (Wildman–Crippen MR) is 44.4 cm³/mol. The molecule has 0 radical (unpaired) electrons. The molecule has 0 spiro atoms. The van der Waals surface area contributed by atoms with Crippen LogP contribution < -0.4 is 0 Å². The Morgan fingerprint density at radius 3 is 1.80 bits per heavy atom. The zero-order valence-electron chi connectivity index (χ0n) is 8.20. The Bertz CT molecular complexity index is 336. The van der Waals surface area contributed by atoms with Gasteiger partial charge in [0.2, 0.25) is 5.87 Å². The smallest absolute Gasteiger partial charge is 0.485 e. The summed E-state index contributed by atoms with van der Waals surface area (Å²) in [5, 5.41) is 0. The maximum Gasteiger partial charge on any atom is 0.485 e. The molecule has 0 aliphatic carbocycles. The molecular formula is C6H10F3NO4S. The molecule has 0 fully saturated rings. The number of hydrogen-bond acceptors (Lipinski definition) is 4. The first-order chi connectivity index (χ1) is 6.52. The molecule has 0 N–H and O–H groups in total. The summed E-state index contributed by atoms with van der Waals surface area (Å²) >= 11 is 0. The molecule has 0 aromatic heterocycles. The van der Waals surface area contributed by atoms with Gasteiger partial charge in [-0.25, -0.2) is 8.42 Å². The third kappa shape index (κ3) is 10.9. The standard InChI is InChI=1S/C5H10NO.CHF3O3S/c1-6(2)4-5-7-3;2-1(3,4)8(5,6)7/h5H,1-3H3;(H,5,6,7)/q+1;/p-1. The van der Waals surface area contributed by atoms with Gasteiger partial charge in [0.15, 0.2) is 16.4 Å². The second-order valence-corrected chi connectivity index (χ2v) is 3.65. The van der Waals surface area contributed by atoms with Crippen LogP contribution in [0.3, 0.4) is 0 Å². The van der Waals surface area contributed by atoms with E-state index in [1.807, 2.05) is 14.1 Å². The highest BCUT2D eigenvalue weighted by Crippen LogP contribution is 2.20. The molecule has 0 aliphatic heterocycles. The first kappa shape index (κ1) is 16.4. The molecule has 15 heavy (non-hydrogen) atoms. The average Bonchev–Trinajstić information content (AvgIpc) is 1.98. The lowest BCUT2D eigenvalue weighted by atomic mass is 11.0. The number of alkyl halides is 3. The molecule has 90 valence electrons. The van der Waals surface area contributed by atoms with Gasteiger partial charge in [-0.1, -0.05) is 0 Å². The van der Waals surface area contributed by atoms with Crippen molar-refractivity contribution >= 4 is 16.0 Å². The van der Waals surface area contributed by atoms with E-state index in [2.05, 4.69) is 10.6 Å². The lowest BCUT2D eigenvalue weighted by molar-refractivity contribution is -0.457. The Kier molecular flexibility index (Phi) is 7.03. The van der Waals surface area contributed by atoms with Crippen molar-refractivity contribution in [1.82, 2.24) is 0 Å². The van der Waals surface area contributed by atoms with Gasteiger partial charge in [0.05, 0.1) is 7.11 Å². The first-order valence-electron chi connectivity index (χ1n) is 3.32. The molecule has 0 aliphatic rings. The molecule has 0 heterocycles. The van der Waals surface area contributed by atoms with E-state index in [4.69, 9.17) is 13.0 Å². The van der Waals surface area contributed by atoms with Gasteiger partial charge in [-0.2, -0.15) is 17.7 Å². The zero-order valence-corrected chi connectivity index (χ0v) is 9.02. The van der Waals surface area contributed by atoms with Gasteiger partial charge in [0.1, 0.15) is 14.1 Å². The van der Waals surface area contributed by atoms with Crippen molar-refractivity contribution in [2.24, 2.45) is 0 Å². The van der Waals surface area contributed by atoms with Crippen LogP contribution in [0.25, 0.3) is 0 Å². The number of methoxy groups -OCH3 is 1. The maximum absolute atomic E-state index is 10.7. The Balaban J connectivity index is 0. The number of hydrogen-bond donors (Lipinski definition) is 0. The highest BCUT2D eigenvalue weighted by atomic mass is 32.2. The third-order valence-corrected chi connectivity index (χ3v) is 1.28. The van der Waals surface area contributed by atoms with Crippen LogP contribution in [0.15, 0.2) is 6.26 Å². The van der Waals surface area contributed by atoms with Gasteiger partial charge in [-0.3, -0.25) is 0 Å². The van der Waals surface area contributed by atoms with Crippen LogP contribution >= 0.6 is 0 Å². The molecule has 0 aromatic rings. The summed E-state index contributed by atoms with van der Waals surface area (Å²) in [5.41, 5.74) is -5.65. The predicted octanol–water partition coefficient (Wildman–Crippen LogP) is 0.140. The van der Waals surface area contributed by atoms with E-state index >= 15 is 0 Å². The van der Waals surface area contributed by atoms with Crippen molar-refractivity contribution in [1.29, 1.82) is 0 Å². The second kappa shape index (κ2) is 6.44. The largest absolute Gasteiger partial charge is 0.741 e. The van der Waals surface area contributed by atoms with Crippen molar-refractivity contribution in [3.05, 3.63) is 6.26 Å². The van der Waals surface area contributed by atoms with E-state index in [0.29, 0.717) is 0 Å². The Morgan fingerprint density at radius 2 is 1.73 bits per heavy atom. The highest BCUT2D eigenvalue weighted by molar-refractivity contribution is 7.86. The highest BCUT2D eigenvalue weighted by Gasteiger charge is 2.36. The van der Waals surface area contributed by atoms with E-state index < -0.39 is 15.6 Å². The van der Waals surface area contributed by atoms with Crippen LogP contribution in [-0.2, 0) is 14.9 Å². The number of ether oxygens (including phenoxy) is 1. The summed E-state index contributed by atoms with van der Waals surface area (Å²) in [6, 6.07) is 0. The van der Waals surface area contributed by atoms with Crippen LogP contribution in [-0.4, -0.2) is 50.1 Å². The van der Waals surface area contributed by atoms with E-state index in [1.54, 1.807) is 11.7 Å². The van der Waals surface area contributed by atoms with Gasteiger partial charge >= 0.3 is 5.51 Å². The number of rotatable bonds is 1. The summed E-state index contributed by atoms with van der Waals surface area (Å²) in [6.45, 7) is 0. The molecular weight excluding hydrogens is 239 g/mol. The molecule has 0 bridgehead atoms. The molecule has 0 aromatic carbocycles. The van der Waals surface area contributed by atoms with E-state index in [1.165, 1.54) is 6.26 Å². The van der Waals surface area contributed by atoms with Gasteiger partial charge in [0, 0.05) is 0 Å². The van der Waals surface area contributed by atoms with E-state index in [9.17, 15) is 13.2 Å². The maximum atomic E-state index is 10.7. The molecule has 5 nitrogen and oxygen atoms in total. The molecule has 9 heteroatoms. The quantitative estimate of drug-likeness (QED) is 0.218. The minimum absolute atomic E-state index is 1.50. The number of nitrogens with zero attached hydrogens (tertiary/aromatic N) is 1. The molecule has 0 amide bonds. The summed E-state index contributed by atoms with van der Waals surface area (Å²) in [4.78, 5) is 0. The lowest BCUT2D eigenvalue weighted by Gasteiger charge is -2.08. The second-order valence-electron chi connectivity index (χ2n) is 2.28. The van der Waals surface area contributed by atoms with Gasteiger partial charge < -0.3 is 9.29 Å². The Morgan fingerprint density at radius 1 is 1.40 bits per heavy atom. The average molecular weight is 249 g/mol.